The van der Waals surface area contributed by atoms with Gasteiger partial charge in [-0.1, -0.05) is 18.7 Å². The molecule has 1 saturated carbocycles. The minimum absolute atomic E-state index is 0.0771. The Kier molecular flexibility index (Phi) is 4.64. The number of aryl methyl sites for hydroxylation is 1. The molecule has 1 aromatic rings. The molecule has 1 heterocycles. The summed E-state index contributed by atoms with van der Waals surface area (Å²) in [6, 6.07) is 0. The van der Waals surface area contributed by atoms with Gasteiger partial charge in [0.1, 0.15) is 6.33 Å². The maximum Gasteiger partial charge on any atom is 0.191 e. The molecular weight excluding hydrogens is 248 g/mol. The van der Waals surface area contributed by atoms with E-state index >= 15 is 0 Å². The smallest absolute Gasteiger partial charge is 0.191 e. The third kappa shape index (κ3) is 3.05. The molecule has 102 valence electrons. The molecule has 0 aliphatic heterocycles. The molecule has 1 aliphatic carbocycles. The molecule has 18 heavy (non-hydrogen) atoms. The van der Waals surface area contributed by atoms with Crippen molar-refractivity contribution in [3.05, 3.63) is 6.33 Å². The van der Waals surface area contributed by atoms with Gasteiger partial charge >= 0.3 is 0 Å². The third-order valence-corrected chi connectivity index (χ3v) is 4.87. The largest absolute Gasteiger partial charge is 0.394 e. The quantitative estimate of drug-likeness (QED) is 0.813. The van der Waals surface area contributed by atoms with Crippen LogP contribution in [-0.2, 0) is 7.05 Å². The van der Waals surface area contributed by atoms with E-state index in [1.165, 1.54) is 0 Å². The molecule has 0 spiro atoms. The fourth-order valence-electron chi connectivity index (χ4n) is 2.46. The Morgan fingerprint density at radius 3 is 3.11 bits per heavy atom. The zero-order chi connectivity index (χ0) is 13.0. The molecule has 6 heteroatoms. The molecule has 0 amide bonds. The maximum absolute atomic E-state index is 9.64. The highest BCUT2D eigenvalue weighted by atomic mass is 32.2. The van der Waals surface area contributed by atoms with Gasteiger partial charge in [-0.2, -0.15) is 0 Å². The number of thioether (sulfide) groups is 1. The van der Waals surface area contributed by atoms with Crippen molar-refractivity contribution in [2.24, 2.45) is 7.05 Å². The summed E-state index contributed by atoms with van der Waals surface area (Å²) in [5.74, 6) is 0. The van der Waals surface area contributed by atoms with Gasteiger partial charge in [0.2, 0.25) is 0 Å². The van der Waals surface area contributed by atoms with Gasteiger partial charge in [-0.3, -0.25) is 0 Å². The van der Waals surface area contributed by atoms with Gasteiger partial charge in [-0.05, 0) is 32.2 Å². The first-order chi connectivity index (χ1) is 8.69. The zero-order valence-corrected chi connectivity index (χ0v) is 11.9. The van der Waals surface area contributed by atoms with Crippen molar-refractivity contribution < 1.29 is 5.11 Å². The lowest BCUT2D eigenvalue weighted by Gasteiger charge is -2.28. The van der Waals surface area contributed by atoms with E-state index in [9.17, 15) is 5.11 Å². The molecule has 0 radical (unpaired) electrons. The summed E-state index contributed by atoms with van der Waals surface area (Å²) in [4.78, 5) is 0. The van der Waals surface area contributed by atoms with Gasteiger partial charge in [0, 0.05) is 17.8 Å². The average molecular weight is 270 g/mol. The molecule has 0 aromatic carbocycles. The first kappa shape index (κ1) is 13.8. The van der Waals surface area contributed by atoms with Gasteiger partial charge in [0.05, 0.1) is 6.61 Å². The van der Waals surface area contributed by atoms with E-state index in [1.807, 2.05) is 11.6 Å². The van der Waals surface area contributed by atoms with Crippen molar-refractivity contribution in [1.82, 2.24) is 20.1 Å². The van der Waals surface area contributed by atoms with Gasteiger partial charge in [-0.25, -0.2) is 0 Å². The molecule has 2 N–H and O–H groups in total. The first-order valence-corrected chi connectivity index (χ1v) is 7.43. The summed E-state index contributed by atoms with van der Waals surface area (Å²) in [7, 11) is 1.96. The van der Waals surface area contributed by atoms with Gasteiger partial charge < -0.3 is 15.0 Å². The second-order valence-corrected chi connectivity index (χ2v) is 6.34. The molecule has 2 unspecified atom stereocenters. The molecular formula is C12H22N4OS. The first-order valence-electron chi connectivity index (χ1n) is 6.55. The topological polar surface area (TPSA) is 63.0 Å². The Bertz CT molecular complexity index is 384. The predicted molar refractivity (Wildman–Crippen MR) is 72.6 cm³/mol. The van der Waals surface area contributed by atoms with Gasteiger partial charge in [0.15, 0.2) is 5.16 Å². The number of aliphatic hydroxyl groups is 1. The van der Waals surface area contributed by atoms with Gasteiger partial charge in [-0.15, -0.1) is 10.2 Å². The summed E-state index contributed by atoms with van der Waals surface area (Å²) in [5, 5.41) is 22.6. The Hall–Kier alpha value is -0.590. The van der Waals surface area contributed by atoms with Crippen LogP contribution in [0.15, 0.2) is 11.5 Å². The van der Waals surface area contributed by atoms with Crippen LogP contribution in [0.5, 0.6) is 0 Å². The molecule has 0 saturated heterocycles. The van der Waals surface area contributed by atoms with Gasteiger partial charge in [0.25, 0.3) is 0 Å². The Balaban J connectivity index is 1.92. The summed E-state index contributed by atoms with van der Waals surface area (Å²) in [5.41, 5.74) is -0.0771. The number of nitrogens with one attached hydrogen (secondary N) is 1. The van der Waals surface area contributed by atoms with Crippen molar-refractivity contribution in [2.45, 2.75) is 48.6 Å². The molecule has 1 aliphatic rings. The Morgan fingerprint density at radius 1 is 1.67 bits per heavy atom. The molecule has 1 aromatic heterocycles. The van der Waals surface area contributed by atoms with Crippen LogP contribution in [0.4, 0.5) is 0 Å². The van der Waals surface area contributed by atoms with Crippen LogP contribution in [0.2, 0.25) is 0 Å². The average Bonchev–Trinajstić information content (AvgIpc) is 2.96. The van der Waals surface area contributed by atoms with E-state index in [0.29, 0.717) is 5.25 Å². The van der Waals surface area contributed by atoms with Crippen molar-refractivity contribution in [3.63, 3.8) is 0 Å². The second kappa shape index (κ2) is 6.04. The highest BCUT2D eigenvalue weighted by molar-refractivity contribution is 7.99. The second-order valence-electron chi connectivity index (χ2n) is 5.07. The molecule has 2 atom stereocenters. The number of aromatic nitrogens is 3. The lowest BCUT2D eigenvalue weighted by molar-refractivity contribution is 0.165. The van der Waals surface area contributed by atoms with Crippen LogP contribution in [0, 0.1) is 0 Å². The number of hydrogen-bond donors (Lipinski definition) is 2. The normalized spacial score (nSPS) is 27.8. The van der Waals surface area contributed by atoms with E-state index in [1.54, 1.807) is 18.1 Å². The summed E-state index contributed by atoms with van der Waals surface area (Å²) in [6.45, 7) is 3.35. The van der Waals surface area contributed by atoms with E-state index < -0.39 is 0 Å². The standard InChI is InChI=1S/C12H22N4OS/c1-3-6-13-12(8-17)5-4-10(7-12)18-11-15-14-9-16(11)2/h9-10,13,17H,3-8H2,1-2H3. The monoisotopic (exact) mass is 270 g/mol. The SMILES string of the molecule is CCCNC1(CO)CCC(Sc2nncn2C)C1. The number of aliphatic hydroxyl groups excluding tert-OH is 1. The fraction of sp³-hybridized carbons (Fsp3) is 0.833. The van der Waals surface area contributed by atoms with E-state index in [4.69, 9.17) is 0 Å². The van der Waals surface area contributed by atoms with Crippen LogP contribution in [0.25, 0.3) is 0 Å². The molecule has 2 rings (SSSR count). The highest BCUT2D eigenvalue weighted by Gasteiger charge is 2.38. The predicted octanol–water partition coefficient (Wildman–Crippen LogP) is 1.19. The van der Waals surface area contributed by atoms with Crippen molar-refractivity contribution >= 4 is 11.8 Å². The minimum Gasteiger partial charge on any atom is -0.394 e. The van der Waals surface area contributed by atoms with Crippen LogP contribution in [0.3, 0.4) is 0 Å². The van der Waals surface area contributed by atoms with Crippen LogP contribution >= 0.6 is 11.8 Å². The molecule has 5 nitrogen and oxygen atoms in total. The summed E-state index contributed by atoms with van der Waals surface area (Å²) in [6.07, 6.45) is 5.99. The lowest BCUT2D eigenvalue weighted by atomic mass is 9.99. The third-order valence-electron chi connectivity index (χ3n) is 3.56. The number of rotatable bonds is 6. The minimum atomic E-state index is -0.0771. The highest BCUT2D eigenvalue weighted by Crippen LogP contribution is 2.39. The number of hydrogen-bond acceptors (Lipinski definition) is 5. The van der Waals surface area contributed by atoms with Crippen molar-refractivity contribution in [1.29, 1.82) is 0 Å². The van der Waals surface area contributed by atoms with Crippen molar-refractivity contribution in [3.8, 4) is 0 Å². The maximum atomic E-state index is 9.64. The van der Waals surface area contributed by atoms with E-state index in [0.717, 1.165) is 37.4 Å². The molecule has 0 bridgehead atoms. The molecule has 1 fully saturated rings. The summed E-state index contributed by atoms with van der Waals surface area (Å²) < 4.78 is 1.95. The van der Waals surface area contributed by atoms with Crippen molar-refractivity contribution in [2.75, 3.05) is 13.2 Å². The Labute approximate surface area is 112 Å². The lowest BCUT2D eigenvalue weighted by Crippen LogP contribution is -2.46. The Morgan fingerprint density at radius 2 is 2.50 bits per heavy atom. The van der Waals surface area contributed by atoms with Crippen LogP contribution in [-0.4, -0.2) is 43.8 Å². The van der Waals surface area contributed by atoms with E-state index in [2.05, 4.69) is 22.4 Å². The summed E-state index contributed by atoms with van der Waals surface area (Å²) >= 11 is 1.77. The fourth-order valence-corrected chi connectivity index (χ4v) is 3.70. The van der Waals surface area contributed by atoms with Crippen LogP contribution < -0.4 is 5.32 Å². The number of nitrogens with zero attached hydrogens (tertiary/aromatic N) is 3. The zero-order valence-electron chi connectivity index (χ0n) is 11.1. The van der Waals surface area contributed by atoms with E-state index in [-0.39, 0.29) is 12.1 Å². The van der Waals surface area contributed by atoms with Crippen LogP contribution in [0.1, 0.15) is 32.6 Å².